The summed E-state index contributed by atoms with van der Waals surface area (Å²) in [5.74, 6) is 0.114. The predicted molar refractivity (Wildman–Crippen MR) is 77.3 cm³/mol. The highest BCUT2D eigenvalue weighted by atomic mass is 16.2. The number of nitrogens with one attached hydrogen (secondary N) is 1. The molecule has 0 unspecified atom stereocenters. The second-order valence-corrected chi connectivity index (χ2v) is 5.48. The maximum atomic E-state index is 12.5. The number of nitrogens with zero attached hydrogens (tertiary/aromatic N) is 1. The number of para-hydroxylation sites is 1. The number of rotatable bonds is 2. The molecule has 0 bridgehead atoms. The van der Waals surface area contributed by atoms with Crippen LogP contribution in [0.25, 0.3) is 10.9 Å². The maximum Gasteiger partial charge on any atom is 0.270 e. The summed E-state index contributed by atoms with van der Waals surface area (Å²) in [5.41, 5.74) is 1.73. The van der Waals surface area contributed by atoms with Gasteiger partial charge in [-0.3, -0.25) is 4.79 Å². The number of aromatic amines is 1. The number of aromatic nitrogens is 1. The summed E-state index contributed by atoms with van der Waals surface area (Å²) < 4.78 is 0. The molecule has 0 atom stereocenters. The van der Waals surface area contributed by atoms with E-state index in [1.807, 2.05) is 42.3 Å². The number of hydrogen-bond acceptors (Lipinski definition) is 1. The quantitative estimate of drug-likeness (QED) is 0.876. The van der Waals surface area contributed by atoms with Crippen molar-refractivity contribution in [3.8, 4) is 0 Å². The molecule has 0 saturated heterocycles. The molecule has 3 nitrogen and oxygen atoms in total. The Morgan fingerprint density at radius 2 is 1.95 bits per heavy atom. The summed E-state index contributed by atoms with van der Waals surface area (Å²) in [4.78, 5) is 17.7. The normalized spacial score (nSPS) is 16.7. The number of carbonyl (C=O) groups excluding carboxylic acids is 1. The molecular formula is C16H20N2O. The molecule has 1 aliphatic rings. The van der Waals surface area contributed by atoms with Crippen LogP contribution in [0, 0.1) is 0 Å². The lowest BCUT2D eigenvalue weighted by atomic mass is 9.94. The van der Waals surface area contributed by atoms with E-state index < -0.39 is 0 Å². The highest BCUT2D eigenvalue weighted by Gasteiger charge is 2.23. The van der Waals surface area contributed by atoms with Gasteiger partial charge in [-0.25, -0.2) is 0 Å². The van der Waals surface area contributed by atoms with Crippen LogP contribution in [0.3, 0.4) is 0 Å². The molecule has 1 heterocycles. The lowest BCUT2D eigenvalue weighted by Gasteiger charge is -2.30. The van der Waals surface area contributed by atoms with Gasteiger partial charge in [0.25, 0.3) is 5.91 Å². The first-order valence-corrected chi connectivity index (χ1v) is 7.10. The third-order valence-electron chi connectivity index (χ3n) is 4.20. The average molecular weight is 256 g/mol. The lowest BCUT2D eigenvalue weighted by molar-refractivity contribution is 0.0691. The van der Waals surface area contributed by atoms with Crippen molar-refractivity contribution in [1.29, 1.82) is 0 Å². The van der Waals surface area contributed by atoms with Crippen molar-refractivity contribution in [3.63, 3.8) is 0 Å². The standard InChI is InChI=1S/C16H20N2O/c1-18(13-8-3-2-4-9-13)16(19)15-11-12-7-5-6-10-14(12)17-15/h5-7,10-11,13,17H,2-4,8-9H2,1H3. The monoisotopic (exact) mass is 256 g/mol. The molecule has 3 heteroatoms. The van der Waals surface area contributed by atoms with E-state index >= 15 is 0 Å². The number of benzene rings is 1. The Morgan fingerprint density at radius 1 is 1.21 bits per heavy atom. The fourth-order valence-corrected chi connectivity index (χ4v) is 3.01. The molecule has 19 heavy (non-hydrogen) atoms. The van der Waals surface area contributed by atoms with Crippen LogP contribution in [0.2, 0.25) is 0 Å². The van der Waals surface area contributed by atoms with Gasteiger partial charge in [0.05, 0.1) is 0 Å². The first kappa shape index (κ1) is 12.3. The molecule has 1 aliphatic carbocycles. The average Bonchev–Trinajstić information content (AvgIpc) is 2.90. The molecule has 0 radical (unpaired) electrons. The van der Waals surface area contributed by atoms with Gasteiger partial charge in [0.15, 0.2) is 0 Å². The fraction of sp³-hybridized carbons (Fsp3) is 0.438. The molecule has 1 aromatic heterocycles. The van der Waals surface area contributed by atoms with E-state index in [0.717, 1.165) is 23.7 Å². The third kappa shape index (κ3) is 2.37. The number of H-pyrrole nitrogens is 1. The first-order chi connectivity index (χ1) is 9.25. The SMILES string of the molecule is CN(C(=O)c1cc2ccccc2[nH]1)C1CCCCC1. The van der Waals surface area contributed by atoms with E-state index in [4.69, 9.17) is 0 Å². The molecule has 2 aromatic rings. The Balaban J connectivity index is 1.82. The van der Waals surface area contributed by atoms with Crippen LogP contribution in [0.1, 0.15) is 42.6 Å². The number of carbonyl (C=O) groups is 1. The zero-order valence-corrected chi connectivity index (χ0v) is 11.4. The van der Waals surface area contributed by atoms with Crippen molar-refractivity contribution >= 4 is 16.8 Å². The molecule has 0 spiro atoms. The highest BCUT2D eigenvalue weighted by Crippen LogP contribution is 2.23. The predicted octanol–water partition coefficient (Wildman–Crippen LogP) is 3.57. The topological polar surface area (TPSA) is 36.1 Å². The molecule has 1 N–H and O–H groups in total. The molecule has 3 rings (SSSR count). The van der Waals surface area contributed by atoms with Crippen molar-refractivity contribution in [3.05, 3.63) is 36.0 Å². The lowest BCUT2D eigenvalue weighted by Crippen LogP contribution is -2.38. The summed E-state index contributed by atoms with van der Waals surface area (Å²) in [6.45, 7) is 0. The number of amides is 1. The van der Waals surface area contributed by atoms with Crippen LogP contribution in [0.5, 0.6) is 0 Å². The largest absolute Gasteiger partial charge is 0.351 e. The third-order valence-corrected chi connectivity index (χ3v) is 4.20. The van der Waals surface area contributed by atoms with Crippen LogP contribution in [0.15, 0.2) is 30.3 Å². The van der Waals surface area contributed by atoms with E-state index in [1.54, 1.807) is 0 Å². The van der Waals surface area contributed by atoms with Gasteiger partial charge in [-0.2, -0.15) is 0 Å². The van der Waals surface area contributed by atoms with Gasteiger partial charge in [0.1, 0.15) is 5.69 Å². The van der Waals surface area contributed by atoms with Crippen LogP contribution >= 0.6 is 0 Å². The van der Waals surface area contributed by atoms with Gasteiger partial charge in [-0.1, -0.05) is 37.5 Å². The second-order valence-electron chi connectivity index (χ2n) is 5.48. The summed E-state index contributed by atoms with van der Waals surface area (Å²) in [6.07, 6.45) is 6.08. The molecule has 1 saturated carbocycles. The van der Waals surface area contributed by atoms with Crippen LogP contribution in [-0.4, -0.2) is 28.9 Å². The summed E-state index contributed by atoms with van der Waals surface area (Å²) in [6, 6.07) is 10.4. The van der Waals surface area contributed by atoms with Crippen LogP contribution in [0.4, 0.5) is 0 Å². The fourth-order valence-electron chi connectivity index (χ4n) is 3.01. The van der Waals surface area contributed by atoms with Crippen molar-refractivity contribution in [1.82, 2.24) is 9.88 Å². The summed E-state index contributed by atoms with van der Waals surface area (Å²) in [5, 5.41) is 1.10. The Kier molecular flexibility index (Phi) is 3.28. The molecule has 0 aliphatic heterocycles. The molecule has 100 valence electrons. The maximum absolute atomic E-state index is 12.5. The van der Waals surface area contributed by atoms with Crippen molar-refractivity contribution in [2.45, 2.75) is 38.1 Å². The van der Waals surface area contributed by atoms with Crippen LogP contribution in [-0.2, 0) is 0 Å². The number of fused-ring (bicyclic) bond motifs is 1. The van der Waals surface area contributed by atoms with Crippen molar-refractivity contribution in [2.75, 3.05) is 7.05 Å². The van der Waals surface area contributed by atoms with Crippen molar-refractivity contribution < 1.29 is 4.79 Å². The van der Waals surface area contributed by atoms with Gasteiger partial charge >= 0.3 is 0 Å². The smallest absolute Gasteiger partial charge is 0.270 e. The first-order valence-electron chi connectivity index (χ1n) is 7.10. The summed E-state index contributed by atoms with van der Waals surface area (Å²) >= 11 is 0. The molecule has 1 amide bonds. The Labute approximate surface area is 113 Å². The molecule has 1 aromatic carbocycles. The Bertz CT molecular complexity index is 548. The zero-order chi connectivity index (χ0) is 13.2. The molecule has 1 fully saturated rings. The van der Waals surface area contributed by atoms with Gasteiger partial charge in [0.2, 0.25) is 0 Å². The van der Waals surface area contributed by atoms with E-state index in [0.29, 0.717) is 11.7 Å². The minimum atomic E-state index is 0.114. The summed E-state index contributed by atoms with van der Waals surface area (Å²) in [7, 11) is 1.93. The number of hydrogen-bond donors (Lipinski definition) is 1. The van der Waals surface area contributed by atoms with Gasteiger partial charge < -0.3 is 9.88 Å². The second kappa shape index (κ2) is 5.08. The van der Waals surface area contributed by atoms with E-state index in [-0.39, 0.29) is 5.91 Å². The Morgan fingerprint density at radius 3 is 2.68 bits per heavy atom. The van der Waals surface area contributed by atoms with E-state index in [9.17, 15) is 4.79 Å². The minimum absolute atomic E-state index is 0.114. The molecular weight excluding hydrogens is 236 g/mol. The van der Waals surface area contributed by atoms with Crippen LogP contribution < -0.4 is 0 Å². The van der Waals surface area contributed by atoms with Gasteiger partial charge in [-0.15, -0.1) is 0 Å². The van der Waals surface area contributed by atoms with Gasteiger partial charge in [0, 0.05) is 24.0 Å². The van der Waals surface area contributed by atoms with Crippen molar-refractivity contribution in [2.24, 2.45) is 0 Å². The highest BCUT2D eigenvalue weighted by molar-refractivity contribution is 5.98. The zero-order valence-electron chi connectivity index (χ0n) is 11.4. The van der Waals surface area contributed by atoms with E-state index in [1.165, 1.54) is 19.3 Å². The minimum Gasteiger partial charge on any atom is -0.351 e. The Hall–Kier alpha value is -1.77. The van der Waals surface area contributed by atoms with E-state index in [2.05, 4.69) is 4.98 Å². The van der Waals surface area contributed by atoms with Gasteiger partial charge in [-0.05, 0) is 25.0 Å².